The molecule has 2 amide bonds. The summed E-state index contributed by atoms with van der Waals surface area (Å²) in [5.41, 5.74) is 3.54. The summed E-state index contributed by atoms with van der Waals surface area (Å²) in [6.07, 6.45) is 5.24. The number of amides is 2. The van der Waals surface area contributed by atoms with Gasteiger partial charge in [0.25, 0.3) is 0 Å². The lowest BCUT2D eigenvalue weighted by molar-refractivity contribution is -0.120. The Bertz CT molecular complexity index is 1280. The first-order valence-electron chi connectivity index (χ1n) is 13.8. The number of rotatable bonds is 5. The SMILES string of the molecule is CC(C)(C)OC(=O)N1CCN(Cc2ccc3nc(-c4ccccc4NC(=O)C4CCCCC4)sc3c2)CC1. The van der Waals surface area contributed by atoms with Crippen molar-refractivity contribution in [3.63, 3.8) is 0 Å². The van der Waals surface area contributed by atoms with Gasteiger partial charge >= 0.3 is 6.09 Å². The molecule has 0 spiro atoms. The minimum atomic E-state index is -0.473. The molecule has 202 valence electrons. The maximum Gasteiger partial charge on any atom is 0.410 e. The van der Waals surface area contributed by atoms with E-state index in [0.717, 1.165) is 71.8 Å². The maximum absolute atomic E-state index is 12.9. The van der Waals surface area contributed by atoms with Crippen LogP contribution < -0.4 is 5.32 Å². The van der Waals surface area contributed by atoms with Crippen LogP contribution in [0, 0.1) is 5.92 Å². The normalized spacial score (nSPS) is 17.5. The lowest BCUT2D eigenvalue weighted by atomic mass is 9.88. The van der Waals surface area contributed by atoms with Gasteiger partial charge < -0.3 is 15.0 Å². The van der Waals surface area contributed by atoms with Crippen LogP contribution in [0.1, 0.15) is 58.4 Å². The first-order chi connectivity index (χ1) is 18.2. The fourth-order valence-corrected chi connectivity index (χ4v) is 6.30. The van der Waals surface area contributed by atoms with Crippen molar-refractivity contribution in [2.24, 2.45) is 5.92 Å². The predicted octanol–water partition coefficient (Wildman–Crippen LogP) is 6.53. The van der Waals surface area contributed by atoms with Gasteiger partial charge in [0.05, 0.1) is 15.9 Å². The van der Waals surface area contributed by atoms with E-state index in [1.165, 1.54) is 12.0 Å². The monoisotopic (exact) mass is 534 g/mol. The van der Waals surface area contributed by atoms with E-state index >= 15 is 0 Å². The number of hydrogen-bond acceptors (Lipinski definition) is 6. The highest BCUT2D eigenvalue weighted by atomic mass is 32.1. The molecule has 2 heterocycles. The topological polar surface area (TPSA) is 74.8 Å². The van der Waals surface area contributed by atoms with Gasteiger partial charge in [0.15, 0.2) is 0 Å². The highest BCUT2D eigenvalue weighted by Crippen LogP contribution is 2.36. The smallest absolute Gasteiger partial charge is 0.410 e. The summed E-state index contributed by atoms with van der Waals surface area (Å²) in [4.78, 5) is 34.4. The maximum atomic E-state index is 12.9. The molecular formula is C30H38N4O3S. The number of carbonyl (C=O) groups is 2. The molecule has 2 fully saturated rings. The zero-order chi connectivity index (χ0) is 26.7. The van der Waals surface area contributed by atoms with Crippen LogP contribution in [-0.4, -0.2) is 58.6 Å². The van der Waals surface area contributed by atoms with E-state index in [0.29, 0.717) is 13.1 Å². The van der Waals surface area contributed by atoms with Crippen molar-refractivity contribution in [3.05, 3.63) is 48.0 Å². The molecule has 1 aliphatic heterocycles. The summed E-state index contributed by atoms with van der Waals surface area (Å²) in [5, 5.41) is 4.12. The molecule has 8 heteroatoms. The van der Waals surface area contributed by atoms with Crippen LogP contribution in [0.15, 0.2) is 42.5 Å². The van der Waals surface area contributed by atoms with Crippen LogP contribution in [0.2, 0.25) is 0 Å². The standard InChI is InChI=1S/C30H38N4O3S/c1-30(2,3)37-29(36)34-17-15-33(16-18-34)20-21-13-14-25-26(19-21)38-28(32-25)23-11-7-8-12-24(23)31-27(35)22-9-5-4-6-10-22/h7-8,11-14,19,22H,4-6,9-10,15-18,20H2,1-3H3,(H,31,35). The van der Waals surface area contributed by atoms with E-state index in [1.807, 2.05) is 45.0 Å². The number of piperazine rings is 1. The molecule has 1 aromatic heterocycles. The average Bonchev–Trinajstić information content (AvgIpc) is 3.32. The van der Waals surface area contributed by atoms with Crippen LogP contribution in [-0.2, 0) is 16.1 Å². The number of fused-ring (bicyclic) bond motifs is 1. The van der Waals surface area contributed by atoms with E-state index in [2.05, 4.69) is 28.4 Å². The molecule has 0 bridgehead atoms. The molecule has 0 unspecified atom stereocenters. The number of thiazole rings is 1. The molecule has 5 rings (SSSR count). The zero-order valence-corrected chi connectivity index (χ0v) is 23.5. The highest BCUT2D eigenvalue weighted by molar-refractivity contribution is 7.21. The fourth-order valence-electron chi connectivity index (χ4n) is 5.23. The van der Waals surface area contributed by atoms with Crippen molar-refractivity contribution >= 4 is 39.2 Å². The van der Waals surface area contributed by atoms with Crippen LogP contribution in [0.4, 0.5) is 10.5 Å². The summed E-state index contributed by atoms with van der Waals surface area (Å²) in [5.74, 6) is 0.244. The first-order valence-corrected chi connectivity index (χ1v) is 14.6. The van der Waals surface area contributed by atoms with Gasteiger partial charge in [-0.1, -0.05) is 37.5 Å². The van der Waals surface area contributed by atoms with Crippen molar-refractivity contribution < 1.29 is 14.3 Å². The Labute approximate surface area is 229 Å². The number of hydrogen-bond donors (Lipinski definition) is 1. The molecule has 2 aromatic carbocycles. The van der Waals surface area contributed by atoms with Crippen LogP contribution in [0.5, 0.6) is 0 Å². The van der Waals surface area contributed by atoms with Crippen molar-refractivity contribution in [1.82, 2.24) is 14.8 Å². The fraction of sp³-hybridized carbons (Fsp3) is 0.500. The molecule has 1 saturated heterocycles. The lowest BCUT2D eigenvalue weighted by Crippen LogP contribution is -2.49. The third-order valence-electron chi connectivity index (χ3n) is 7.27. The third kappa shape index (κ3) is 6.53. The van der Waals surface area contributed by atoms with E-state index in [1.54, 1.807) is 16.2 Å². The second-order valence-electron chi connectivity index (χ2n) is 11.4. The van der Waals surface area contributed by atoms with Crippen LogP contribution in [0.3, 0.4) is 0 Å². The summed E-state index contributed by atoms with van der Waals surface area (Å²) < 4.78 is 6.66. The molecule has 38 heavy (non-hydrogen) atoms. The number of nitrogens with zero attached hydrogens (tertiary/aromatic N) is 3. The Morgan fingerprint density at radius 1 is 1.03 bits per heavy atom. The van der Waals surface area contributed by atoms with Crippen LogP contribution in [0.25, 0.3) is 20.8 Å². The summed E-state index contributed by atoms with van der Waals surface area (Å²) in [7, 11) is 0. The molecule has 0 atom stereocenters. The van der Waals surface area contributed by atoms with Gasteiger partial charge in [0.2, 0.25) is 5.91 Å². The number of nitrogens with one attached hydrogen (secondary N) is 1. The highest BCUT2D eigenvalue weighted by Gasteiger charge is 2.26. The van der Waals surface area contributed by atoms with Crippen molar-refractivity contribution in [2.45, 2.75) is 65.0 Å². The van der Waals surface area contributed by atoms with Gasteiger partial charge in [-0.25, -0.2) is 9.78 Å². The first kappa shape index (κ1) is 26.6. The van der Waals surface area contributed by atoms with Gasteiger partial charge in [-0.2, -0.15) is 0 Å². The number of carbonyl (C=O) groups excluding carboxylic acids is 2. The number of aromatic nitrogens is 1. The molecular weight excluding hydrogens is 496 g/mol. The molecule has 1 aliphatic carbocycles. The Morgan fingerprint density at radius 2 is 1.76 bits per heavy atom. The molecule has 7 nitrogen and oxygen atoms in total. The van der Waals surface area contributed by atoms with Gasteiger partial charge in [-0.05, 0) is 63.4 Å². The van der Waals surface area contributed by atoms with Crippen molar-refractivity contribution in [2.75, 3.05) is 31.5 Å². The second-order valence-corrected chi connectivity index (χ2v) is 12.5. The minimum Gasteiger partial charge on any atom is -0.444 e. The van der Waals surface area contributed by atoms with Gasteiger partial charge in [-0.15, -0.1) is 11.3 Å². The quantitative estimate of drug-likeness (QED) is 0.403. The summed E-state index contributed by atoms with van der Waals surface area (Å²) in [6, 6.07) is 14.4. The van der Waals surface area contributed by atoms with Gasteiger partial charge in [0, 0.05) is 44.2 Å². The minimum absolute atomic E-state index is 0.112. The average molecular weight is 535 g/mol. The van der Waals surface area contributed by atoms with E-state index < -0.39 is 5.60 Å². The van der Waals surface area contributed by atoms with Crippen molar-refractivity contribution in [3.8, 4) is 10.6 Å². The van der Waals surface area contributed by atoms with E-state index in [9.17, 15) is 9.59 Å². The van der Waals surface area contributed by atoms with Gasteiger partial charge in [0.1, 0.15) is 10.6 Å². The Morgan fingerprint density at radius 3 is 2.50 bits per heavy atom. The number of anilines is 1. The number of para-hydroxylation sites is 1. The summed E-state index contributed by atoms with van der Waals surface area (Å²) in [6.45, 7) is 9.51. The Hall–Kier alpha value is -2.97. The Balaban J connectivity index is 1.24. The second kappa shape index (κ2) is 11.4. The predicted molar refractivity (Wildman–Crippen MR) is 153 cm³/mol. The van der Waals surface area contributed by atoms with Crippen LogP contribution >= 0.6 is 11.3 Å². The molecule has 0 radical (unpaired) electrons. The third-order valence-corrected chi connectivity index (χ3v) is 8.33. The zero-order valence-electron chi connectivity index (χ0n) is 22.7. The van der Waals surface area contributed by atoms with Crippen molar-refractivity contribution in [1.29, 1.82) is 0 Å². The van der Waals surface area contributed by atoms with E-state index in [4.69, 9.17) is 9.72 Å². The number of ether oxygens (including phenoxy) is 1. The molecule has 3 aromatic rings. The molecule has 2 aliphatic rings. The Kier molecular flexibility index (Phi) is 8.00. The lowest BCUT2D eigenvalue weighted by Gasteiger charge is -2.35. The largest absolute Gasteiger partial charge is 0.444 e. The summed E-state index contributed by atoms with van der Waals surface area (Å²) >= 11 is 1.66. The number of benzene rings is 2. The van der Waals surface area contributed by atoms with Gasteiger partial charge in [-0.3, -0.25) is 9.69 Å². The molecule has 1 saturated carbocycles. The van der Waals surface area contributed by atoms with E-state index in [-0.39, 0.29) is 17.9 Å². The molecule has 1 N–H and O–H groups in total.